The van der Waals surface area contributed by atoms with Gasteiger partial charge in [0.05, 0.1) is 23.5 Å². The first-order chi connectivity index (χ1) is 18.6. The summed E-state index contributed by atoms with van der Waals surface area (Å²) < 4.78 is 40.9. The molecule has 12 heteroatoms. The zero-order valence-electron chi connectivity index (χ0n) is 22.0. The molecule has 0 radical (unpaired) electrons. The van der Waals surface area contributed by atoms with Gasteiger partial charge in [-0.25, -0.2) is 23.4 Å². The summed E-state index contributed by atoms with van der Waals surface area (Å²) in [6.45, 7) is 5.81. The summed E-state index contributed by atoms with van der Waals surface area (Å²) in [7, 11) is -2.53. The molecule has 4 rings (SSSR count). The van der Waals surface area contributed by atoms with Gasteiger partial charge in [0.25, 0.3) is 10.0 Å². The fourth-order valence-corrected chi connectivity index (χ4v) is 5.56. The minimum atomic E-state index is -4.07. The van der Waals surface area contributed by atoms with E-state index in [0.717, 1.165) is 17.3 Å². The average Bonchev–Trinajstić information content (AvgIpc) is 2.93. The third kappa shape index (κ3) is 6.83. The Balaban J connectivity index is 1.85. The molecule has 0 saturated heterocycles. The fourth-order valence-electron chi connectivity index (χ4n) is 3.48. The summed E-state index contributed by atoms with van der Waals surface area (Å²) in [4.78, 5) is 18.4. The van der Waals surface area contributed by atoms with Crippen molar-refractivity contribution in [1.82, 2.24) is 19.9 Å². The number of methoxy groups -OCH3 is 1. The number of aliphatic hydroxyl groups is 1. The first-order valence-electron chi connectivity index (χ1n) is 12.0. The van der Waals surface area contributed by atoms with Gasteiger partial charge in [-0.15, -0.1) is 0 Å². The second-order valence-electron chi connectivity index (χ2n) is 9.31. The monoisotopic (exact) mass is 567 g/mol. The van der Waals surface area contributed by atoms with Gasteiger partial charge in [0.15, 0.2) is 11.6 Å². The van der Waals surface area contributed by atoms with Crippen LogP contribution in [0.2, 0.25) is 0 Å². The smallest absolute Gasteiger partial charge is 0.263 e. The van der Waals surface area contributed by atoms with E-state index < -0.39 is 10.0 Å². The predicted octanol–water partition coefficient (Wildman–Crippen LogP) is 4.56. The van der Waals surface area contributed by atoms with Crippen LogP contribution in [0.25, 0.3) is 11.6 Å². The number of ether oxygens (including phenoxy) is 2. The van der Waals surface area contributed by atoms with Crippen LogP contribution in [-0.2, 0) is 15.4 Å². The maximum atomic E-state index is 13.5. The highest BCUT2D eigenvalue weighted by atomic mass is 32.2. The lowest BCUT2D eigenvalue weighted by Crippen LogP contribution is -2.17. The quantitative estimate of drug-likeness (QED) is 0.281. The Bertz CT molecular complexity index is 1530. The number of benzene rings is 2. The zero-order valence-corrected chi connectivity index (χ0v) is 23.6. The van der Waals surface area contributed by atoms with Crippen LogP contribution in [0.4, 0.5) is 5.82 Å². The maximum Gasteiger partial charge on any atom is 0.263 e. The van der Waals surface area contributed by atoms with Gasteiger partial charge < -0.3 is 14.6 Å². The van der Waals surface area contributed by atoms with Crippen LogP contribution >= 0.6 is 11.8 Å². The number of rotatable bonds is 10. The van der Waals surface area contributed by atoms with Crippen molar-refractivity contribution in [3.05, 3.63) is 72.6 Å². The minimum absolute atomic E-state index is 0.0313. The fraction of sp³-hybridized carbons (Fsp3) is 0.259. The average molecular weight is 568 g/mol. The van der Waals surface area contributed by atoms with Crippen molar-refractivity contribution in [1.29, 1.82) is 0 Å². The van der Waals surface area contributed by atoms with E-state index in [1.54, 1.807) is 43.5 Å². The molecule has 0 amide bonds. The Labute approximate surface area is 231 Å². The molecule has 0 aliphatic rings. The predicted molar refractivity (Wildman–Crippen MR) is 149 cm³/mol. The lowest BCUT2D eigenvalue weighted by atomic mass is 9.87. The van der Waals surface area contributed by atoms with Crippen molar-refractivity contribution in [2.75, 3.05) is 25.0 Å². The van der Waals surface area contributed by atoms with Crippen LogP contribution in [0, 0.1) is 0 Å². The van der Waals surface area contributed by atoms with Crippen molar-refractivity contribution >= 4 is 27.6 Å². The molecule has 0 unspecified atom stereocenters. The van der Waals surface area contributed by atoms with Gasteiger partial charge in [0.1, 0.15) is 17.3 Å². The summed E-state index contributed by atoms with van der Waals surface area (Å²) in [5.41, 5.74) is 0.865. The van der Waals surface area contributed by atoms with Crippen molar-refractivity contribution in [2.45, 2.75) is 40.9 Å². The molecule has 2 aromatic heterocycles. The number of sulfonamides is 1. The molecule has 0 bridgehead atoms. The molecule has 0 atom stereocenters. The molecule has 0 aliphatic heterocycles. The first kappa shape index (κ1) is 28.3. The van der Waals surface area contributed by atoms with Gasteiger partial charge in [0.2, 0.25) is 11.7 Å². The van der Waals surface area contributed by atoms with Crippen LogP contribution in [-0.4, -0.2) is 53.8 Å². The normalized spacial score (nSPS) is 11.7. The number of aliphatic hydroxyl groups excluding tert-OH is 1. The highest BCUT2D eigenvalue weighted by Gasteiger charge is 2.25. The van der Waals surface area contributed by atoms with E-state index in [1.807, 2.05) is 18.2 Å². The largest absolute Gasteiger partial charge is 0.496 e. The Kier molecular flexibility index (Phi) is 8.68. The maximum absolute atomic E-state index is 13.5. The second kappa shape index (κ2) is 12.0. The topological polar surface area (TPSA) is 136 Å². The van der Waals surface area contributed by atoms with E-state index in [0.29, 0.717) is 10.6 Å². The van der Waals surface area contributed by atoms with Crippen molar-refractivity contribution < 1.29 is 23.0 Å². The number of hydrogen-bond donors (Lipinski definition) is 2. The Morgan fingerprint density at radius 3 is 2.28 bits per heavy atom. The van der Waals surface area contributed by atoms with Crippen LogP contribution in [0.5, 0.6) is 11.6 Å². The number of hydrogen-bond acceptors (Lipinski definition) is 10. The molecule has 10 nitrogen and oxygen atoms in total. The molecule has 39 heavy (non-hydrogen) atoms. The molecule has 2 aromatic carbocycles. The van der Waals surface area contributed by atoms with E-state index in [1.165, 1.54) is 12.4 Å². The van der Waals surface area contributed by atoms with Crippen LogP contribution in [0.15, 0.2) is 81.7 Å². The number of nitrogens with one attached hydrogen (secondary N) is 1. The molecule has 4 aromatic rings. The van der Waals surface area contributed by atoms with Crippen LogP contribution in [0.3, 0.4) is 0 Å². The molecule has 0 spiro atoms. The second-order valence-corrected chi connectivity index (χ2v) is 12.0. The number of para-hydroxylation sites is 1. The van der Waals surface area contributed by atoms with Crippen molar-refractivity contribution in [3.8, 4) is 23.3 Å². The molecule has 2 N–H and O–H groups in total. The molecule has 2 heterocycles. The van der Waals surface area contributed by atoms with Gasteiger partial charge in [-0.2, -0.15) is 4.98 Å². The van der Waals surface area contributed by atoms with Crippen LogP contribution < -0.4 is 14.2 Å². The zero-order chi connectivity index (χ0) is 28.0. The van der Waals surface area contributed by atoms with Gasteiger partial charge in [-0.05, 0) is 41.3 Å². The van der Waals surface area contributed by atoms with Gasteiger partial charge >= 0.3 is 0 Å². The summed E-state index contributed by atoms with van der Waals surface area (Å²) >= 11 is 1.16. The molecule has 204 valence electrons. The molecular formula is C27H29N5O5S2. The highest BCUT2D eigenvalue weighted by molar-refractivity contribution is 7.99. The van der Waals surface area contributed by atoms with Gasteiger partial charge in [-0.3, -0.25) is 4.72 Å². The molecule has 0 aliphatic carbocycles. The minimum Gasteiger partial charge on any atom is -0.496 e. The highest BCUT2D eigenvalue weighted by Crippen LogP contribution is 2.43. The third-order valence-corrected chi connectivity index (χ3v) is 7.96. The summed E-state index contributed by atoms with van der Waals surface area (Å²) in [5, 5.41) is 9.43. The van der Waals surface area contributed by atoms with Crippen molar-refractivity contribution in [3.63, 3.8) is 0 Å². The van der Waals surface area contributed by atoms with E-state index in [4.69, 9.17) is 9.47 Å². The number of nitrogens with zero attached hydrogens (tertiary/aromatic N) is 4. The first-order valence-corrected chi connectivity index (χ1v) is 14.3. The Morgan fingerprint density at radius 1 is 0.949 bits per heavy atom. The SMILES string of the molecule is COc1ccccc1Sc1c(NS(=O)(=O)c2ccc(C(C)(C)C)cc2)nc(-c2ncccn2)nc1OCCO. The van der Waals surface area contributed by atoms with Crippen molar-refractivity contribution in [2.24, 2.45) is 0 Å². The number of aromatic nitrogens is 4. The number of anilines is 1. The Morgan fingerprint density at radius 2 is 1.64 bits per heavy atom. The summed E-state index contributed by atoms with van der Waals surface area (Å²) in [5.74, 6) is 0.816. The van der Waals surface area contributed by atoms with E-state index in [9.17, 15) is 13.5 Å². The van der Waals surface area contributed by atoms with E-state index in [2.05, 4.69) is 45.4 Å². The van der Waals surface area contributed by atoms with E-state index in [-0.39, 0.29) is 51.8 Å². The van der Waals surface area contributed by atoms with E-state index >= 15 is 0 Å². The van der Waals surface area contributed by atoms with Gasteiger partial charge in [-0.1, -0.05) is 56.8 Å². The standard InChI is InChI=1S/C27H29N5O5S2/c1-27(2,3)18-10-12-19(13-11-18)39(34,35)32-23-22(38-21-9-6-5-8-20(21)36-4)26(37-17-16-33)31-25(30-23)24-28-14-7-15-29-24/h5-15,33H,16-17H2,1-4H3,(H,30,31,32). The lowest BCUT2D eigenvalue weighted by Gasteiger charge is -2.19. The third-order valence-electron chi connectivity index (χ3n) is 5.47. The summed E-state index contributed by atoms with van der Waals surface area (Å²) in [6, 6.07) is 15.6. The molecule has 0 fully saturated rings. The molecular weight excluding hydrogens is 538 g/mol. The molecule has 0 saturated carbocycles. The van der Waals surface area contributed by atoms with Gasteiger partial charge in [0, 0.05) is 12.4 Å². The van der Waals surface area contributed by atoms with Crippen LogP contribution in [0.1, 0.15) is 26.3 Å². The lowest BCUT2D eigenvalue weighted by molar-refractivity contribution is 0.193. The summed E-state index contributed by atoms with van der Waals surface area (Å²) in [6.07, 6.45) is 3.05. The Hall–Kier alpha value is -3.74.